The van der Waals surface area contributed by atoms with Crippen LogP contribution < -0.4 is 4.74 Å². The molecule has 4 nitrogen and oxygen atoms in total. The molecule has 0 N–H and O–H groups in total. The van der Waals surface area contributed by atoms with E-state index in [1.807, 2.05) is 38.1 Å². The quantitative estimate of drug-likeness (QED) is 0.791. The summed E-state index contributed by atoms with van der Waals surface area (Å²) >= 11 is 0. The Morgan fingerprint density at radius 3 is 2.67 bits per heavy atom. The lowest BCUT2D eigenvalue weighted by Gasteiger charge is -2.12. The number of carbonyl (C=O) groups excluding carboxylic acids is 1. The van der Waals surface area contributed by atoms with Gasteiger partial charge in [0.1, 0.15) is 12.4 Å². The van der Waals surface area contributed by atoms with Crippen molar-refractivity contribution >= 4 is 5.97 Å². The van der Waals surface area contributed by atoms with E-state index in [4.69, 9.17) is 9.47 Å². The predicted octanol–water partition coefficient (Wildman–Crippen LogP) is 3.32. The molecule has 110 valence electrons. The summed E-state index contributed by atoms with van der Waals surface area (Å²) in [5.41, 5.74) is 3.21. The molecule has 1 aromatic heterocycles. The van der Waals surface area contributed by atoms with Crippen LogP contribution in [0, 0.1) is 6.92 Å². The number of esters is 1. The van der Waals surface area contributed by atoms with E-state index in [2.05, 4.69) is 4.98 Å². The smallest absolute Gasteiger partial charge is 0.338 e. The highest BCUT2D eigenvalue weighted by Crippen LogP contribution is 2.20. The molecule has 4 heteroatoms. The molecule has 1 heterocycles. The second kappa shape index (κ2) is 6.88. The van der Waals surface area contributed by atoms with Crippen molar-refractivity contribution in [2.45, 2.75) is 26.9 Å². The van der Waals surface area contributed by atoms with Crippen LogP contribution in [0.25, 0.3) is 0 Å². The molecule has 0 aliphatic carbocycles. The average molecular weight is 285 g/mol. The SMILES string of the molecule is CCc1nc(C)ccc1OCc1ccccc1C(=O)OC. The fourth-order valence-electron chi connectivity index (χ4n) is 2.09. The summed E-state index contributed by atoms with van der Waals surface area (Å²) in [7, 11) is 1.37. The Morgan fingerprint density at radius 1 is 1.19 bits per heavy atom. The van der Waals surface area contributed by atoms with Crippen LogP contribution in [0.3, 0.4) is 0 Å². The third kappa shape index (κ3) is 3.60. The number of rotatable bonds is 5. The number of nitrogens with zero attached hydrogens (tertiary/aromatic N) is 1. The molecular weight excluding hydrogens is 266 g/mol. The van der Waals surface area contributed by atoms with Crippen LogP contribution in [-0.2, 0) is 17.8 Å². The molecule has 2 rings (SSSR count). The maximum atomic E-state index is 11.7. The molecule has 0 aliphatic rings. The molecule has 0 spiro atoms. The number of methoxy groups -OCH3 is 1. The highest BCUT2D eigenvalue weighted by molar-refractivity contribution is 5.90. The maximum absolute atomic E-state index is 11.7. The summed E-state index contributed by atoms with van der Waals surface area (Å²) in [6.45, 7) is 4.30. The number of carbonyl (C=O) groups is 1. The summed E-state index contributed by atoms with van der Waals surface area (Å²) < 4.78 is 10.6. The second-order valence-corrected chi connectivity index (χ2v) is 4.69. The number of benzene rings is 1. The monoisotopic (exact) mass is 285 g/mol. The van der Waals surface area contributed by atoms with E-state index < -0.39 is 0 Å². The first kappa shape index (κ1) is 15.0. The maximum Gasteiger partial charge on any atom is 0.338 e. The Labute approximate surface area is 124 Å². The zero-order valence-corrected chi connectivity index (χ0v) is 12.6. The van der Waals surface area contributed by atoms with Crippen molar-refractivity contribution in [3.63, 3.8) is 0 Å². The Kier molecular flexibility index (Phi) is 4.93. The predicted molar refractivity (Wildman–Crippen MR) is 80.5 cm³/mol. The van der Waals surface area contributed by atoms with Gasteiger partial charge < -0.3 is 9.47 Å². The van der Waals surface area contributed by atoms with Gasteiger partial charge in [-0.3, -0.25) is 4.98 Å². The molecule has 0 amide bonds. The van der Waals surface area contributed by atoms with Gasteiger partial charge in [-0.1, -0.05) is 25.1 Å². The Bertz CT molecular complexity index is 638. The van der Waals surface area contributed by atoms with Crippen molar-refractivity contribution in [1.29, 1.82) is 0 Å². The number of pyridine rings is 1. The molecule has 2 aromatic rings. The fraction of sp³-hybridized carbons (Fsp3) is 0.294. The van der Waals surface area contributed by atoms with E-state index in [0.717, 1.165) is 29.1 Å². The van der Waals surface area contributed by atoms with Crippen molar-refractivity contribution < 1.29 is 14.3 Å². The molecule has 0 unspecified atom stereocenters. The molecule has 0 saturated heterocycles. The number of hydrogen-bond acceptors (Lipinski definition) is 4. The van der Waals surface area contributed by atoms with Crippen LogP contribution in [0.5, 0.6) is 5.75 Å². The molecule has 0 bridgehead atoms. The minimum Gasteiger partial charge on any atom is -0.487 e. The van der Waals surface area contributed by atoms with Gasteiger partial charge in [-0.05, 0) is 31.5 Å². The summed E-state index contributed by atoms with van der Waals surface area (Å²) in [5, 5.41) is 0. The van der Waals surface area contributed by atoms with Crippen molar-refractivity contribution in [1.82, 2.24) is 4.98 Å². The number of ether oxygens (including phenoxy) is 2. The summed E-state index contributed by atoms with van der Waals surface area (Å²) in [6.07, 6.45) is 0.801. The third-order valence-corrected chi connectivity index (χ3v) is 3.21. The highest BCUT2D eigenvalue weighted by Gasteiger charge is 2.12. The minimum atomic E-state index is -0.355. The van der Waals surface area contributed by atoms with Crippen LogP contribution in [0.1, 0.15) is 34.2 Å². The highest BCUT2D eigenvalue weighted by atomic mass is 16.5. The lowest BCUT2D eigenvalue weighted by Crippen LogP contribution is -2.08. The molecule has 21 heavy (non-hydrogen) atoms. The second-order valence-electron chi connectivity index (χ2n) is 4.69. The van der Waals surface area contributed by atoms with Crippen molar-refractivity contribution in [3.8, 4) is 5.75 Å². The molecule has 0 saturated carbocycles. The van der Waals surface area contributed by atoms with Gasteiger partial charge in [0, 0.05) is 11.3 Å². The topological polar surface area (TPSA) is 48.4 Å². The van der Waals surface area contributed by atoms with Gasteiger partial charge in [-0.25, -0.2) is 4.79 Å². The Hall–Kier alpha value is -2.36. The van der Waals surface area contributed by atoms with Gasteiger partial charge in [0.25, 0.3) is 0 Å². The van der Waals surface area contributed by atoms with E-state index in [0.29, 0.717) is 12.2 Å². The Morgan fingerprint density at radius 2 is 1.95 bits per heavy atom. The van der Waals surface area contributed by atoms with Gasteiger partial charge in [0.15, 0.2) is 0 Å². The number of aryl methyl sites for hydroxylation is 2. The first-order valence-corrected chi connectivity index (χ1v) is 6.91. The molecule has 0 atom stereocenters. The van der Waals surface area contributed by atoms with Gasteiger partial charge >= 0.3 is 5.97 Å². The fourth-order valence-corrected chi connectivity index (χ4v) is 2.09. The van der Waals surface area contributed by atoms with Gasteiger partial charge in [-0.15, -0.1) is 0 Å². The Balaban J connectivity index is 2.19. The van der Waals surface area contributed by atoms with Crippen LogP contribution in [0.2, 0.25) is 0 Å². The van der Waals surface area contributed by atoms with Crippen LogP contribution >= 0.6 is 0 Å². The molecular formula is C17H19NO3. The van der Waals surface area contributed by atoms with Gasteiger partial charge in [0.2, 0.25) is 0 Å². The van der Waals surface area contributed by atoms with Gasteiger partial charge in [-0.2, -0.15) is 0 Å². The van der Waals surface area contributed by atoms with Crippen LogP contribution in [-0.4, -0.2) is 18.1 Å². The molecule has 1 aromatic carbocycles. The van der Waals surface area contributed by atoms with Crippen molar-refractivity contribution in [3.05, 3.63) is 58.9 Å². The molecule has 0 aliphatic heterocycles. The first-order chi connectivity index (χ1) is 10.2. The van der Waals surface area contributed by atoms with Crippen molar-refractivity contribution in [2.75, 3.05) is 7.11 Å². The van der Waals surface area contributed by atoms with E-state index in [1.54, 1.807) is 12.1 Å². The van der Waals surface area contributed by atoms with Crippen LogP contribution in [0.4, 0.5) is 0 Å². The zero-order valence-electron chi connectivity index (χ0n) is 12.6. The van der Waals surface area contributed by atoms with E-state index in [9.17, 15) is 4.79 Å². The average Bonchev–Trinajstić information content (AvgIpc) is 2.53. The standard InChI is InChI=1S/C17H19NO3/c1-4-15-16(10-9-12(2)18-15)21-11-13-7-5-6-8-14(13)17(19)20-3/h5-10H,4,11H2,1-3H3. The minimum absolute atomic E-state index is 0.309. The summed E-state index contributed by atoms with van der Waals surface area (Å²) in [4.78, 5) is 16.2. The normalized spacial score (nSPS) is 10.2. The summed E-state index contributed by atoms with van der Waals surface area (Å²) in [5.74, 6) is 0.398. The number of aromatic nitrogens is 1. The van der Waals surface area contributed by atoms with E-state index >= 15 is 0 Å². The van der Waals surface area contributed by atoms with E-state index in [-0.39, 0.29) is 5.97 Å². The van der Waals surface area contributed by atoms with E-state index in [1.165, 1.54) is 7.11 Å². The van der Waals surface area contributed by atoms with Crippen molar-refractivity contribution in [2.24, 2.45) is 0 Å². The first-order valence-electron chi connectivity index (χ1n) is 6.91. The molecule has 0 fully saturated rings. The van der Waals surface area contributed by atoms with Gasteiger partial charge in [0.05, 0.1) is 18.4 Å². The summed E-state index contributed by atoms with van der Waals surface area (Å²) in [6, 6.07) is 11.1. The third-order valence-electron chi connectivity index (χ3n) is 3.21. The van der Waals surface area contributed by atoms with Crippen LogP contribution in [0.15, 0.2) is 36.4 Å². The lowest BCUT2D eigenvalue weighted by molar-refractivity contribution is 0.0597. The lowest BCUT2D eigenvalue weighted by atomic mass is 10.1. The largest absolute Gasteiger partial charge is 0.487 e. The zero-order chi connectivity index (χ0) is 15.2. The molecule has 0 radical (unpaired) electrons. The number of hydrogen-bond donors (Lipinski definition) is 0.